The van der Waals surface area contributed by atoms with Crippen LogP contribution in [-0.4, -0.2) is 54.6 Å². The number of ether oxygens (including phenoxy) is 1. The molecule has 0 aliphatic carbocycles. The molecule has 1 rings (SSSR count). The number of urea groups is 1. The van der Waals surface area contributed by atoms with Crippen LogP contribution in [0.4, 0.5) is 4.79 Å². The zero-order valence-electron chi connectivity index (χ0n) is 9.81. The highest BCUT2D eigenvalue weighted by atomic mass is 32.2. The second-order valence-electron chi connectivity index (χ2n) is 3.51. The maximum absolute atomic E-state index is 11.5. The third-order valence-corrected chi connectivity index (χ3v) is 3.40. The van der Waals surface area contributed by atoms with E-state index < -0.39 is 0 Å². The molecule has 0 saturated carbocycles. The second kappa shape index (κ2) is 6.75. The lowest BCUT2D eigenvalue weighted by Gasteiger charge is -2.23. The lowest BCUT2D eigenvalue weighted by molar-refractivity contribution is 0.150. The van der Waals surface area contributed by atoms with Crippen LogP contribution in [0.5, 0.6) is 0 Å². The molecule has 0 aromatic heterocycles. The molecule has 1 aliphatic heterocycles. The van der Waals surface area contributed by atoms with E-state index in [1.807, 2.05) is 11.8 Å². The Bertz CT molecular complexity index is 271. The summed E-state index contributed by atoms with van der Waals surface area (Å²) in [4.78, 5) is 17.0. The molecule has 6 heteroatoms. The summed E-state index contributed by atoms with van der Waals surface area (Å²) in [7, 11) is 1.62. The number of carbonyl (C=O) groups excluding carboxylic acids is 1. The van der Waals surface area contributed by atoms with Gasteiger partial charge in [-0.25, -0.2) is 4.79 Å². The van der Waals surface area contributed by atoms with Gasteiger partial charge in [0.2, 0.25) is 0 Å². The Kier molecular flexibility index (Phi) is 5.62. The molecule has 16 heavy (non-hydrogen) atoms. The largest absolute Gasteiger partial charge is 0.385 e. The van der Waals surface area contributed by atoms with Crippen molar-refractivity contribution >= 4 is 23.6 Å². The second-order valence-corrected chi connectivity index (χ2v) is 4.90. The van der Waals surface area contributed by atoms with Crippen LogP contribution >= 0.6 is 11.8 Å². The first kappa shape index (κ1) is 13.3. The van der Waals surface area contributed by atoms with Crippen LogP contribution in [0.15, 0.2) is 4.99 Å². The third kappa shape index (κ3) is 3.38. The Hall–Kier alpha value is -0.750. The molecule has 92 valence electrons. The van der Waals surface area contributed by atoms with Crippen LogP contribution in [0.25, 0.3) is 0 Å². The number of nitrogens with two attached hydrogens (primary N) is 1. The number of hydrogen-bond donors (Lipinski definition) is 1. The monoisotopic (exact) mass is 245 g/mol. The number of methoxy groups -OCH3 is 1. The van der Waals surface area contributed by atoms with Gasteiger partial charge in [0.05, 0.1) is 12.6 Å². The van der Waals surface area contributed by atoms with Crippen LogP contribution < -0.4 is 5.73 Å². The number of amides is 2. The average molecular weight is 245 g/mol. The minimum absolute atomic E-state index is 0.0401. The minimum atomic E-state index is -0.235. The Balaban J connectivity index is 2.48. The van der Waals surface area contributed by atoms with Crippen LogP contribution in [0.3, 0.4) is 0 Å². The number of amidine groups is 1. The number of rotatable bonds is 7. The number of carbonyl (C=O) groups is 1. The van der Waals surface area contributed by atoms with Gasteiger partial charge in [-0.1, -0.05) is 6.92 Å². The molecule has 5 nitrogen and oxygen atoms in total. The first-order valence-electron chi connectivity index (χ1n) is 5.42. The summed E-state index contributed by atoms with van der Waals surface area (Å²) in [5.74, 6) is 2.52. The number of nitrogens with zero attached hydrogens (tertiary/aromatic N) is 2. The predicted molar refractivity (Wildman–Crippen MR) is 67.0 cm³/mol. The highest BCUT2D eigenvalue weighted by Gasteiger charge is 2.32. The van der Waals surface area contributed by atoms with E-state index in [4.69, 9.17) is 10.5 Å². The van der Waals surface area contributed by atoms with Crippen LogP contribution in [0.2, 0.25) is 0 Å². The van der Waals surface area contributed by atoms with Crippen LogP contribution in [0.1, 0.15) is 13.3 Å². The summed E-state index contributed by atoms with van der Waals surface area (Å²) in [5, 5.41) is 0. The molecule has 1 atom stereocenters. The minimum Gasteiger partial charge on any atom is -0.385 e. The maximum Gasteiger partial charge on any atom is 0.345 e. The molecule has 0 radical (unpaired) electrons. The van der Waals surface area contributed by atoms with E-state index in [0.717, 1.165) is 17.9 Å². The Morgan fingerprint density at radius 1 is 1.62 bits per heavy atom. The van der Waals surface area contributed by atoms with Crippen molar-refractivity contribution < 1.29 is 9.53 Å². The van der Waals surface area contributed by atoms with E-state index in [1.54, 1.807) is 12.0 Å². The maximum atomic E-state index is 11.5. The standard InChI is InChI=1S/C10H19N3O2S/c1-3-16-7-4-8-9(11)12-10(14)13(8)5-6-15-2/h8H,3-7H2,1-2H3,(H2,11,12,14). The molecule has 0 saturated heterocycles. The summed E-state index contributed by atoms with van der Waals surface area (Å²) in [6, 6.07) is -0.275. The van der Waals surface area contributed by atoms with Gasteiger partial charge < -0.3 is 15.4 Å². The van der Waals surface area contributed by atoms with Crippen LogP contribution in [0, 0.1) is 0 Å². The Morgan fingerprint density at radius 2 is 2.38 bits per heavy atom. The van der Waals surface area contributed by atoms with Gasteiger partial charge >= 0.3 is 6.03 Å². The fourth-order valence-corrected chi connectivity index (χ4v) is 2.30. The highest BCUT2D eigenvalue weighted by Crippen LogP contribution is 2.16. The molecular formula is C10H19N3O2S. The fourth-order valence-electron chi connectivity index (χ4n) is 1.63. The molecule has 0 spiro atoms. The normalized spacial score (nSPS) is 20.4. The van der Waals surface area contributed by atoms with E-state index in [2.05, 4.69) is 11.9 Å². The van der Waals surface area contributed by atoms with Crippen molar-refractivity contribution in [2.75, 3.05) is 31.8 Å². The Labute approximate surface area is 100 Å². The van der Waals surface area contributed by atoms with Gasteiger partial charge in [-0.2, -0.15) is 16.8 Å². The van der Waals surface area contributed by atoms with Gasteiger partial charge in [0.1, 0.15) is 5.84 Å². The van der Waals surface area contributed by atoms with Gasteiger partial charge in [-0.15, -0.1) is 0 Å². The molecule has 0 aromatic carbocycles. The van der Waals surface area contributed by atoms with Crippen molar-refractivity contribution in [1.29, 1.82) is 0 Å². The van der Waals surface area contributed by atoms with Crippen LogP contribution in [-0.2, 0) is 4.74 Å². The topological polar surface area (TPSA) is 67.9 Å². The summed E-state index contributed by atoms with van der Waals surface area (Å²) in [5.41, 5.74) is 5.75. The molecule has 1 unspecified atom stereocenters. The smallest absolute Gasteiger partial charge is 0.345 e. The van der Waals surface area contributed by atoms with Crippen molar-refractivity contribution in [3.63, 3.8) is 0 Å². The fraction of sp³-hybridized carbons (Fsp3) is 0.800. The van der Waals surface area contributed by atoms with Gasteiger partial charge in [0.25, 0.3) is 0 Å². The molecule has 0 bridgehead atoms. The number of thioether (sulfide) groups is 1. The molecule has 1 heterocycles. The number of hydrogen-bond acceptors (Lipinski definition) is 4. The molecule has 1 aliphatic rings. The lowest BCUT2D eigenvalue weighted by Crippen LogP contribution is -2.42. The lowest BCUT2D eigenvalue weighted by atomic mass is 10.2. The van der Waals surface area contributed by atoms with Gasteiger partial charge in [-0.05, 0) is 17.9 Å². The Morgan fingerprint density at radius 3 is 3.00 bits per heavy atom. The van der Waals surface area contributed by atoms with Gasteiger partial charge in [0, 0.05) is 13.7 Å². The van der Waals surface area contributed by atoms with E-state index in [1.165, 1.54) is 0 Å². The summed E-state index contributed by atoms with van der Waals surface area (Å²) in [6.45, 7) is 3.19. The predicted octanol–water partition coefficient (Wildman–Crippen LogP) is 0.937. The number of aliphatic imine (C=N–C) groups is 1. The van der Waals surface area contributed by atoms with Crippen molar-refractivity contribution in [1.82, 2.24) is 4.90 Å². The SMILES string of the molecule is CCSCCC1C(N)=NC(=O)N1CCOC. The molecule has 2 N–H and O–H groups in total. The third-order valence-electron chi connectivity index (χ3n) is 2.46. The van der Waals surface area contributed by atoms with Crippen molar-refractivity contribution in [2.24, 2.45) is 10.7 Å². The van der Waals surface area contributed by atoms with E-state index in [9.17, 15) is 4.79 Å². The quantitative estimate of drug-likeness (QED) is 0.678. The van der Waals surface area contributed by atoms with Crippen molar-refractivity contribution in [3.05, 3.63) is 0 Å². The molecular weight excluding hydrogens is 226 g/mol. The van der Waals surface area contributed by atoms with E-state index >= 15 is 0 Å². The first-order valence-corrected chi connectivity index (χ1v) is 6.57. The molecule has 0 fully saturated rings. The molecule has 2 amide bonds. The van der Waals surface area contributed by atoms with Gasteiger partial charge in [-0.3, -0.25) is 0 Å². The van der Waals surface area contributed by atoms with E-state index in [-0.39, 0.29) is 12.1 Å². The van der Waals surface area contributed by atoms with Crippen molar-refractivity contribution in [3.8, 4) is 0 Å². The summed E-state index contributed by atoms with van der Waals surface area (Å²) < 4.78 is 4.97. The van der Waals surface area contributed by atoms with Crippen molar-refractivity contribution in [2.45, 2.75) is 19.4 Å². The van der Waals surface area contributed by atoms with Gasteiger partial charge in [0.15, 0.2) is 0 Å². The zero-order valence-corrected chi connectivity index (χ0v) is 10.6. The zero-order chi connectivity index (χ0) is 12.0. The molecule has 0 aromatic rings. The summed E-state index contributed by atoms with van der Waals surface area (Å²) in [6.07, 6.45) is 0.864. The van der Waals surface area contributed by atoms with E-state index in [0.29, 0.717) is 19.0 Å². The first-order chi connectivity index (χ1) is 7.70. The highest BCUT2D eigenvalue weighted by molar-refractivity contribution is 7.99. The summed E-state index contributed by atoms with van der Waals surface area (Å²) >= 11 is 1.84. The average Bonchev–Trinajstić information content (AvgIpc) is 2.52.